The fourth-order valence-electron chi connectivity index (χ4n) is 3.78. The molecule has 1 aliphatic heterocycles. The van der Waals surface area contributed by atoms with Crippen molar-refractivity contribution in [2.24, 2.45) is 5.92 Å². The van der Waals surface area contributed by atoms with Crippen molar-refractivity contribution in [3.63, 3.8) is 0 Å². The average Bonchev–Trinajstić information content (AvgIpc) is 3.09. The number of nitrogens with zero attached hydrogens (tertiary/aromatic N) is 2. The van der Waals surface area contributed by atoms with Crippen LogP contribution in [0.25, 0.3) is 11.0 Å². The molecule has 0 radical (unpaired) electrons. The summed E-state index contributed by atoms with van der Waals surface area (Å²) in [7, 11) is 1.81. The minimum absolute atomic E-state index is 0.0573. The number of para-hydroxylation sites is 1. The molecule has 6 heteroatoms. The number of likely N-dealkylation sites (tertiary alicyclic amines) is 1. The van der Waals surface area contributed by atoms with Crippen LogP contribution in [0, 0.1) is 5.92 Å². The number of aliphatic carboxylic acids is 1. The lowest BCUT2D eigenvalue weighted by molar-refractivity contribution is -0.138. The Kier molecular flexibility index (Phi) is 6.16. The number of rotatable bonds is 7. The van der Waals surface area contributed by atoms with Crippen LogP contribution in [0.2, 0.25) is 0 Å². The van der Waals surface area contributed by atoms with Crippen LogP contribution >= 0.6 is 0 Å². The van der Waals surface area contributed by atoms with E-state index >= 15 is 0 Å². The first kappa shape index (κ1) is 19.4. The third kappa shape index (κ3) is 4.89. The molecule has 1 saturated heterocycles. The van der Waals surface area contributed by atoms with Gasteiger partial charge in [0.2, 0.25) is 5.91 Å². The zero-order valence-corrected chi connectivity index (χ0v) is 16.1. The molecule has 146 valence electrons. The van der Waals surface area contributed by atoms with E-state index in [1.54, 1.807) is 4.90 Å². The summed E-state index contributed by atoms with van der Waals surface area (Å²) >= 11 is 0. The second-order valence-electron chi connectivity index (χ2n) is 7.54. The monoisotopic (exact) mass is 372 g/mol. The lowest BCUT2D eigenvalue weighted by Crippen LogP contribution is -2.43. The summed E-state index contributed by atoms with van der Waals surface area (Å²) in [5.41, 5.74) is 0.831. The number of benzene rings is 1. The smallest absolute Gasteiger partial charge is 0.303 e. The van der Waals surface area contributed by atoms with Crippen LogP contribution in [-0.2, 0) is 9.59 Å². The molecule has 1 amide bonds. The molecule has 2 heterocycles. The van der Waals surface area contributed by atoms with E-state index in [4.69, 9.17) is 9.52 Å². The Bertz CT molecular complexity index is 767. The van der Waals surface area contributed by atoms with Crippen molar-refractivity contribution < 1.29 is 19.1 Å². The molecule has 0 spiro atoms. The molecule has 1 N–H and O–H groups in total. The van der Waals surface area contributed by atoms with Crippen LogP contribution in [0.3, 0.4) is 0 Å². The summed E-state index contributed by atoms with van der Waals surface area (Å²) in [6.07, 6.45) is 2.95. The molecule has 1 aromatic heterocycles. The van der Waals surface area contributed by atoms with Crippen molar-refractivity contribution in [3.05, 3.63) is 36.1 Å². The maximum absolute atomic E-state index is 12.8. The first-order chi connectivity index (χ1) is 12.9. The van der Waals surface area contributed by atoms with E-state index in [0.29, 0.717) is 18.9 Å². The minimum atomic E-state index is -0.748. The highest BCUT2D eigenvalue weighted by Crippen LogP contribution is 2.27. The minimum Gasteiger partial charge on any atom is -0.481 e. The topological polar surface area (TPSA) is 74.0 Å². The van der Waals surface area contributed by atoms with Crippen molar-refractivity contribution in [1.29, 1.82) is 0 Å². The molecule has 27 heavy (non-hydrogen) atoms. The normalized spacial score (nSPS) is 19.1. The van der Waals surface area contributed by atoms with Crippen molar-refractivity contribution in [2.75, 3.05) is 26.7 Å². The Morgan fingerprint density at radius 1 is 1.37 bits per heavy atom. The Morgan fingerprint density at radius 2 is 2.15 bits per heavy atom. The van der Waals surface area contributed by atoms with Gasteiger partial charge >= 0.3 is 5.97 Å². The largest absolute Gasteiger partial charge is 0.481 e. The summed E-state index contributed by atoms with van der Waals surface area (Å²) < 4.78 is 5.90. The number of fused-ring (bicyclic) bond motifs is 1. The number of carboxylic acid groups (broad SMARTS) is 1. The van der Waals surface area contributed by atoms with Crippen LogP contribution in [0.5, 0.6) is 0 Å². The number of carbonyl (C=O) groups is 2. The molecule has 0 saturated carbocycles. The highest BCUT2D eigenvalue weighted by Gasteiger charge is 2.26. The standard InChI is InChI=1S/C21H28N2O4/c1-15(19-12-17-7-3-4-8-18(17)27-19)22(2)20(24)14-23-11-5-6-16(13-23)9-10-21(25)26/h3-4,7-8,12,15-16H,5-6,9-11,13-14H2,1-2H3,(H,25,26). The van der Waals surface area contributed by atoms with Gasteiger partial charge in [-0.1, -0.05) is 18.2 Å². The molecule has 6 nitrogen and oxygen atoms in total. The highest BCUT2D eigenvalue weighted by molar-refractivity contribution is 5.80. The molecular weight excluding hydrogens is 344 g/mol. The van der Waals surface area contributed by atoms with Gasteiger partial charge in [-0.3, -0.25) is 14.5 Å². The summed E-state index contributed by atoms with van der Waals surface area (Å²) in [6, 6.07) is 9.69. The molecule has 0 bridgehead atoms. The zero-order chi connectivity index (χ0) is 19.4. The summed E-state index contributed by atoms with van der Waals surface area (Å²) in [4.78, 5) is 27.4. The molecular formula is C21H28N2O4. The average molecular weight is 372 g/mol. The number of carboxylic acids is 1. The summed E-state index contributed by atoms with van der Waals surface area (Å²) in [5, 5.41) is 9.91. The maximum atomic E-state index is 12.8. The number of hydrogen-bond acceptors (Lipinski definition) is 4. The Labute approximate surface area is 159 Å². The van der Waals surface area contributed by atoms with Gasteiger partial charge in [0.05, 0.1) is 12.6 Å². The number of piperidine rings is 1. The number of amides is 1. The second-order valence-corrected chi connectivity index (χ2v) is 7.54. The van der Waals surface area contributed by atoms with Gasteiger partial charge in [-0.25, -0.2) is 0 Å². The predicted octanol–water partition coefficient (Wildman–Crippen LogP) is 3.53. The van der Waals surface area contributed by atoms with Crippen LogP contribution in [0.4, 0.5) is 0 Å². The quantitative estimate of drug-likeness (QED) is 0.805. The van der Waals surface area contributed by atoms with E-state index in [9.17, 15) is 9.59 Å². The fourth-order valence-corrected chi connectivity index (χ4v) is 3.78. The molecule has 1 aliphatic rings. The van der Waals surface area contributed by atoms with Crippen LogP contribution < -0.4 is 0 Å². The fraction of sp³-hybridized carbons (Fsp3) is 0.524. The second kappa shape index (κ2) is 8.57. The SMILES string of the molecule is CC(c1cc2ccccc2o1)N(C)C(=O)CN1CCCC(CCC(=O)O)C1. The predicted molar refractivity (Wildman–Crippen MR) is 103 cm³/mol. The molecule has 2 unspecified atom stereocenters. The summed E-state index contributed by atoms with van der Waals surface area (Å²) in [6.45, 7) is 4.03. The maximum Gasteiger partial charge on any atom is 0.303 e. The number of likely N-dealkylation sites (N-methyl/N-ethyl adjacent to an activating group) is 1. The van der Waals surface area contributed by atoms with E-state index in [1.165, 1.54) is 0 Å². The Morgan fingerprint density at radius 3 is 2.89 bits per heavy atom. The highest BCUT2D eigenvalue weighted by atomic mass is 16.4. The lowest BCUT2D eigenvalue weighted by Gasteiger charge is -2.34. The van der Waals surface area contributed by atoms with Crippen molar-refractivity contribution in [3.8, 4) is 0 Å². The first-order valence-corrected chi connectivity index (χ1v) is 9.62. The number of hydrogen-bond donors (Lipinski definition) is 1. The number of furan rings is 1. The first-order valence-electron chi connectivity index (χ1n) is 9.62. The molecule has 2 atom stereocenters. The third-order valence-corrected chi connectivity index (χ3v) is 5.56. The van der Waals surface area contributed by atoms with Gasteiger partial charge in [0.15, 0.2) is 0 Å². The molecule has 2 aromatic rings. The van der Waals surface area contributed by atoms with Crippen LogP contribution in [0.15, 0.2) is 34.7 Å². The van der Waals surface area contributed by atoms with E-state index < -0.39 is 5.97 Å². The lowest BCUT2D eigenvalue weighted by atomic mass is 9.93. The van der Waals surface area contributed by atoms with Crippen LogP contribution in [-0.4, -0.2) is 53.5 Å². The third-order valence-electron chi connectivity index (χ3n) is 5.56. The van der Waals surface area contributed by atoms with Crippen molar-refractivity contribution in [1.82, 2.24) is 9.80 Å². The van der Waals surface area contributed by atoms with Gasteiger partial charge in [0.1, 0.15) is 11.3 Å². The zero-order valence-electron chi connectivity index (χ0n) is 16.1. The van der Waals surface area contributed by atoms with E-state index in [1.807, 2.05) is 44.3 Å². The Hall–Kier alpha value is -2.34. The van der Waals surface area contributed by atoms with Crippen molar-refractivity contribution in [2.45, 2.75) is 38.6 Å². The van der Waals surface area contributed by atoms with Crippen molar-refractivity contribution >= 4 is 22.8 Å². The van der Waals surface area contributed by atoms with Gasteiger partial charge in [0.25, 0.3) is 0 Å². The molecule has 0 aliphatic carbocycles. The number of carbonyl (C=O) groups excluding carboxylic acids is 1. The van der Waals surface area contributed by atoms with Gasteiger partial charge in [-0.2, -0.15) is 0 Å². The van der Waals surface area contributed by atoms with Gasteiger partial charge in [0, 0.05) is 25.4 Å². The van der Waals surface area contributed by atoms with E-state index in [0.717, 1.165) is 42.7 Å². The molecule has 1 fully saturated rings. The van der Waals surface area contributed by atoms with Gasteiger partial charge < -0.3 is 14.4 Å². The van der Waals surface area contributed by atoms with Gasteiger partial charge in [-0.15, -0.1) is 0 Å². The van der Waals surface area contributed by atoms with E-state index in [2.05, 4.69) is 4.90 Å². The summed E-state index contributed by atoms with van der Waals surface area (Å²) in [5.74, 6) is 0.454. The van der Waals surface area contributed by atoms with Crippen LogP contribution in [0.1, 0.15) is 44.4 Å². The van der Waals surface area contributed by atoms with E-state index in [-0.39, 0.29) is 18.4 Å². The van der Waals surface area contributed by atoms with Gasteiger partial charge in [-0.05, 0) is 50.8 Å². The molecule has 3 rings (SSSR count). The Balaban J connectivity index is 1.57. The molecule has 1 aromatic carbocycles.